The highest BCUT2D eigenvalue weighted by Crippen LogP contribution is 2.37. The van der Waals surface area contributed by atoms with E-state index in [1.807, 2.05) is 49.2 Å². The highest BCUT2D eigenvalue weighted by Gasteiger charge is 2.32. The Balaban J connectivity index is 1.39. The van der Waals surface area contributed by atoms with Crippen molar-refractivity contribution in [2.24, 2.45) is 0 Å². The standard InChI is InChI=1S/C25H31N9O3/c1-17-14-23(31-30-17)27-22-16-24(36-13-11-33(2)10-12-35)29-25(28-22)34-9-5-7-20(34)21-15-19(32-37-21)18-6-3-4-8-26-18/h3-4,6,8,14-16,20,35H,5,7,9-13H2,1-2H3,(H2,27,28,29,30,31)/t20-/m0/s1. The predicted molar refractivity (Wildman–Crippen MR) is 138 cm³/mol. The normalized spacial score (nSPS) is 15.5. The molecular formula is C25H31N9O3. The number of aliphatic hydroxyl groups excluding tert-OH is 1. The van der Waals surface area contributed by atoms with Gasteiger partial charge in [0.15, 0.2) is 11.6 Å². The fraction of sp³-hybridized carbons (Fsp3) is 0.400. The topological polar surface area (TPSA) is 141 Å². The second-order valence-electron chi connectivity index (χ2n) is 9.01. The van der Waals surface area contributed by atoms with Gasteiger partial charge >= 0.3 is 0 Å². The first-order valence-electron chi connectivity index (χ1n) is 12.3. The third kappa shape index (κ3) is 6.04. The number of hydrogen-bond acceptors (Lipinski definition) is 11. The summed E-state index contributed by atoms with van der Waals surface area (Å²) in [6.07, 6.45) is 3.59. The van der Waals surface area contributed by atoms with Crippen LogP contribution in [0.1, 0.15) is 30.3 Å². The number of hydrogen-bond donors (Lipinski definition) is 3. The van der Waals surface area contributed by atoms with Crippen LogP contribution < -0.4 is 15.0 Å². The summed E-state index contributed by atoms with van der Waals surface area (Å²) in [5, 5.41) is 23.8. The molecular weight excluding hydrogens is 474 g/mol. The number of aromatic nitrogens is 6. The third-order valence-corrected chi connectivity index (χ3v) is 6.15. The molecule has 1 atom stereocenters. The molecule has 0 aromatic carbocycles. The average Bonchev–Trinajstić information content (AvgIpc) is 3.66. The molecule has 0 spiro atoms. The summed E-state index contributed by atoms with van der Waals surface area (Å²) in [5.74, 6) is 2.97. The molecule has 12 heteroatoms. The summed E-state index contributed by atoms with van der Waals surface area (Å²) >= 11 is 0. The number of rotatable bonds is 11. The number of aromatic amines is 1. The number of anilines is 3. The van der Waals surface area contributed by atoms with Gasteiger partial charge in [0.2, 0.25) is 11.8 Å². The third-order valence-electron chi connectivity index (χ3n) is 6.15. The van der Waals surface area contributed by atoms with Crippen LogP contribution in [0.15, 0.2) is 47.1 Å². The summed E-state index contributed by atoms with van der Waals surface area (Å²) < 4.78 is 11.8. The first-order valence-corrected chi connectivity index (χ1v) is 12.3. The molecule has 1 saturated heterocycles. The summed E-state index contributed by atoms with van der Waals surface area (Å²) in [5.41, 5.74) is 2.40. The monoisotopic (exact) mass is 505 g/mol. The van der Waals surface area contributed by atoms with Gasteiger partial charge in [-0.1, -0.05) is 11.2 Å². The van der Waals surface area contributed by atoms with Crippen molar-refractivity contribution in [1.82, 2.24) is 35.2 Å². The SMILES string of the molecule is Cc1cc(Nc2cc(OCCN(C)CCO)nc(N3CCC[C@H]3c3cc(-c4ccccn4)no3)n2)n[nH]1. The van der Waals surface area contributed by atoms with Crippen LogP contribution >= 0.6 is 0 Å². The van der Waals surface area contributed by atoms with E-state index in [9.17, 15) is 0 Å². The minimum atomic E-state index is -0.0589. The van der Waals surface area contributed by atoms with E-state index in [0.717, 1.165) is 36.5 Å². The second-order valence-corrected chi connectivity index (χ2v) is 9.01. The van der Waals surface area contributed by atoms with E-state index >= 15 is 0 Å². The van der Waals surface area contributed by atoms with Crippen LogP contribution in [0.5, 0.6) is 5.88 Å². The van der Waals surface area contributed by atoms with Gasteiger partial charge in [-0.3, -0.25) is 10.1 Å². The Morgan fingerprint density at radius 3 is 2.89 bits per heavy atom. The highest BCUT2D eigenvalue weighted by atomic mass is 16.5. The molecule has 194 valence electrons. The van der Waals surface area contributed by atoms with Crippen LogP contribution in [-0.2, 0) is 0 Å². The lowest BCUT2D eigenvalue weighted by Gasteiger charge is -2.23. The van der Waals surface area contributed by atoms with Crippen LogP contribution in [0.2, 0.25) is 0 Å². The van der Waals surface area contributed by atoms with Gasteiger partial charge in [0.25, 0.3) is 0 Å². The van der Waals surface area contributed by atoms with E-state index in [2.05, 4.69) is 30.6 Å². The maximum atomic E-state index is 9.13. The van der Waals surface area contributed by atoms with Crippen molar-refractivity contribution in [3.8, 4) is 17.3 Å². The molecule has 5 rings (SSSR count). The van der Waals surface area contributed by atoms with Crippen molar-refractivity contribution in [3.63, 3.8) is 0 Å². The van der Waals surface area contributed by atoms with Gasteiger partial charge in [-0.2, -0.15) is 15.1 Å². The molecule has 0 saturated carbocycles. The van der Waals surface area contributed by atoms with Crippen molar-refractivity contribution in [2.45, 2.75) is 25.8 Å². The zero-order chi connectivity index (χ0) is 25.6. The molecule has 4 aromatic rings. The van der Waals surface area contributed by atoms with E-state index in [1.165, 1.54) is 0 Å². The van der Waals surface area contributed by atoms with Gasteiger partial charge in [0, 0.05) is 49.7 Å². The minimum Gasteiger partial charge on any atom is -0.476 e. The van der Waals surface area contributed by atoms with Gasteiger partial charge in [-0.05, 0) is 38.9 Å². The van der Waals surface area contributed by atoms with Crippen LogP contribution in [0.3, 0.4) is 0 Å². The quantitative estimate of drug-likeness (QED) is 0.277. The average molecular weight is 506 g/mol. The molecule has 0 amide bonds. The van der Waals surface area contributed by atoms with E-state index in [4.69, 9.17) is 24.3 Å². The second kappa shape index (κ2) is 11.4. The summed E-state index contributed by atoms with van der Waals surface area (Å²) in [6.45, 7) is 4.47. The number of nitrogens with zero attached hydrogens (tertiary/aromatic N) is 7. The number of nitrogens with one attached hydrogen (secondary N) is 2. The van der Waals surface area contributed by atoms with E-state index in [1.54, 1.807) is 12.3 Å². The maximum absolute atomic E-state index is 9.13. The van der Waals surface area contributed by atoms with Crippen molar-refractivity contribution in [3.05, 3.63) is 54.0 Å². The Bertz CT molecular complexity index is 1290. The van der Waals surface area contributed by atoms with Crippen LogP contribution in [0.4, 0.5) is 17.6 Å². The molecule has 4 aromatic heterocycles. The van der Waals surface area contributed by atoms with Crippen molar-refractivity contribution in [1.29, 1.82) is 0 Å². The lowest BCUT2D eigenvalue weighted by Crippen LogP contribution is -2.27. The van der Waals surface area contributed by atoms with Gasteiger partial charge in [-0.25, -0.2) is 0 Å². The summed E-state index contributed by atoms with van der Waals surface area (Å²) in [4.78, 5) is 18.0. The Kier molecular flexibility index (Phi) is 7.57. The number of likely N-dealkylation sites (N-methyl/N-ethyl adjacent to an activating group) is 1. The van der Waals surface area contributed by atoms with Gasteiger partial charge in [0.1, 0.15) is 18.1 Å². The molecule has 1 aliphatic heterocycles. The lowest BCUT2D eigenvalue weighted by molar-refractivity contribution is 0.190. The van der Waals surface area contributed by atoms with E-state index in [0.29, 0.717) is 48.9 Å². The maximum Gasteiger partial charge on any atom is 0.231 e. The van der Waals surface area contributed by atoms with Crippen LogP contribution in [0, 0.1) is 6.92 Å². The molecule has 0 aliphatic carbocycles. The number of ether oxygens (including phenoxy) is 1. The fourth-order valence-electron chi connectivity index (χ4n) is 4.26. The number of aliphatic hydroxyl groups is 1. The Hall–Kier alpha value is -4.03. The van der Waals surface area contributed by atoms with Crippen molar-refractivity contribution in [2.75, 3.05) is 50.1 Å². The molecule has 0 unspecified atom stereocenters. The van der Waals surface area contributed by atoms with Gasteiger partial charge < -0.3 is 29.5 Å². The molecule has 1 fully saturated rings. The number of aryl methyl sites for hydroxylation is 1. The predicted octanol–water partition coefficient (Wildman–Crippen LogP) is 2.95. The largest absolute Gasteiger partial charge is 0.476 e. The summed E-state index contributed by atoms with van der Waals surface area (Å²) in [7, 11) is 1.93. The van der Waals surface area contributed by atoms with E-state index < -0.39 is 0 Å². The Morgan fingerprint density at radius 2 is 2.11 bits per heavy atom. The highest BCUT2D eigenvalue weighted by molar-refractivity contribution is 5.57. The summed E-state index contributed by atoms with van der Waals surface area (Å²) in [6, 6.07) is 11.2. The van der Waals surface area contributed by atoms with Gasteiger partial charge in [-0.15, -0.1) is 0 Å². The van der Waals surface area contributed by atoms with Crippen LogP contribution in [0.25, 0.3) is 11.4 Å². The molecule has 37 heavy (non-hydrogen) atoms. The van der Waals surface area contributed by atoms with Gasteiger partial charge in [0.05, 0.1) is 18.3 Å². The Morgan fingerprint density at radius 1 is 1.19 bits per heavy atom. The van der Waals surface area contributed by atoms with Crippen molar-refractivity contribution >= 4 is 17.6 Å². The van der Waals surface area contributed by atoms with Crippen molar-refractivity contribution < 1.29 is 14.4 Å². The molecule has 0 bridgehead atoms. The molecule has 12 nitrogen and oxygen atoms in total. The molecule has 3 N–H and O–H groups in total. The molecule has 5 heterocycles. The lowest BCUT2D eigenvalue weighted by atomic mass is 10.1. The number of H-pyrrole nitrogens is 1. The Labute approximate surface area is 214 Å². The van der Waals surface area contributed by atoms with E-state index in [-0.39, 0.29) is 12.6 Å². The minimum absolute atomic E-state index is 0.0589. The first kappa shape index (κ1) is 24.7. The molecule has 1 aliphatic rings. The van der Waals surface area contributed by atoms with Crippen LogP contribution in [-0.4, -0.2) is 80.2 Å². The first-order chi connectivity index (χ1) is 18.1. The zero-order valence-electron chi connectivity index (χ0n) is 21.0. The zero-order valence-corrected chi connectivity index (χ0v) is 21.0. The molecule has 0 radical (unpaired) electrons. The smallest absolute Gasteiger partial charge is 0.231 e. The fourth-order valence-corrected chi connectivity index (χ4v) is 4.26. The number of pyridine rings is 1.